The average molecular weight is 399 g/mol. The van der Waals surface area contributed by atoms with Gasteiger partial charge < -0.3 is 15.0 Å². The van der Waals surface area contributed by atoms with Crippen molar-refractivity contribution in [2.24, 2.45) is 0 Å². The highest BCUT2D eigenvalue weighted by atomic mass is 16.4. The van der Waals surface area contributed by atoms with E-state index in [1.165, 1.54) is 6.08 Å². The van der Waals surface area contributed by atoms with Crippen LogP contribution in [0.5, 0.6) is 0 Å². The van der Waals surface area contributed by atoms with Gasteiger partial charge in [0, 0.05) is 17.1 Å². The summed E-state index contributed by atoms with van der Waals surface area (Å²) >= 11 is 0. The van der Waals surface area contributed by atoms with Crippen LogP contribution < -0.4 is 5.32 Å². The van der Waals surface area contributed by atoms with Crippen molar-refractivity contribution < 1.29 is 14.7 Å². The van der Waals surface area contributed by atoms with E-state index in [4.69, 9.17) is 0 Å². The third kappa shape index (κ3) is 4.15. The number of nitrogens with zero attached hydrogens (tertiary/aromatic N) is 2. The first kappa shape index (κ1) is 20.6. The van der Waals surface area contributed by atoms with Crippen molar-refractivity contribution in [2.75, 3.05) is 5.32 Å². The van der Waals surface area contributed by atoms with Crippen LogP contribution in [0, 0.1) is 32.1 Å². The van der Waals surface area contributed by atoms with Gasteiger partial charge in [0.25, 0.3) is 5.91 Å². The van der Waals surface area contributed by atoms with Crippen molar-refractivity contribution in [1.82, 2.24) is 4.57 Å². The molecular formula is C24H21N3O3. The number of aromatic carboxylic acids is 1. The van der Waals surface area contributed by atoms with Crippen molar-refractivity contribution in [3.8, 4) is 11.8 Å². The van der Waals surface area contributed by atoms with Crippen molar-refractivity contribution >= 4 is 23.6 Å². The second-order valence-electron chi connectivity index (χ2n) is 6.98. The number of hydrogen-bond donors (Lipinski definition) is 2. The van der Waals surface area contributed by atoms with E-state index >= 15 is 0 Å². The summed E-state index contributed by atoms with van der Waals surface area (Å²) in [6.07, 6.45) is 1.52. The molecule has 0 fully saturated rings. The maximum absolute atomic E-state index is 12.6. The number of aromatic nitrogens is 1. The lowest BCUT2D eigenvalue weighted by atomic mass is 10.1. The first-order valence-electron chi connectivity index (χ1n) is 9.33. The number of aryl methyl sites for hydroxylation is 2. The molecule has 1 aromatic heterocycles. The highest BCUT2D eigenvalue weighted by Gasteiger charge is 2.17. The van der Waals surface area contributed by atoms with Crippen LogP contribution >= 0.6 is 0 Å². The van der Waals surface area contributed by atoms with Crippen molar-refractivity contribution in [1.29, 1.82) is 5.26 Å². The number of carbonyl (C=O) groups is 2. The van der Waals surface area contributed by atoms with Gasteiger partial charge in [-0.15, -0.1) is 0 Å². The number of nitrogens with one attached hydrogen (secondary N) is 1. The number of carboxylic acids is 1. The quantitative estimate of drug-likeness (QED) is 0.482. The third-order valence-electron chi connectivity index (χ3n) is 4.79. The molecule has 0 bridgehead atoms. The molecule has 0 atom stereocenters. The molecule has 1 heterocycles. The fourth-order valence-corrected chi connectivity index (χ4v) is 3.38. The molecule has 1 amide bonds. The van der Waals surface area contributed by atoms with Crippen LogP contribution in [-0.4, -0.2) is 21.6 Å². The van der Waals surface area contributed by atoms with Crippen LogP contribution in [0.25, 0.3) is 11.8 Å². The fraction of sp³-hybridized carbons (Fsp3) is 0.125. The molecule has 2 N–H and O–H groups in total. The number of para-hydroxylation sites is 1. The van der Waals surface area contributed by atoms with Gasteiger partial charge in [-0.3, -0.25) is 4.79 Å². The largest absolute Gasteiger partial charge is 0.478 e. The Morgan fingerprint density at radius 1 is 1.07 bits per heavy atom. The molecule has 6 heteroatoms. The Kier molecular flexibility index (Phi) is 5.84. The highest BCUT2D eigenvalue weighted by Crippen LogP contribution is 2.25. The van der Waals surface area contributed by atoms with E-state index < -0.39 is 11.9 Å². The molecule has 0 aliphatic carbocycles. The van der Waals surface area contributed by atoms with E-state index in [1.54, 1.807) is 30.3 Å². The zero-order valence-electron chi connectivity index (χ0n) is 16.9. The number of rotatable bonds is 5. The van der Waals surface area contributed by atoms with Gasteiger partial charge >= 0.3 is 5.97 Å². The molecule has 2 aromatic carbocycles. The molecule has 6 nitrogen and oxygen atoms in total. The molecular weight excluding hydrogens is 378 g/mol. The summed E-state index contributed by atoms with van der Waals surface area (Å²) in [5.41, 5.74) is 4.47. The summed E-state index contributed by atoms with van der Waals surface area (Å²) in [6, 6.07) is 17.8. The average Bonchev–Trinajstić information content (AvgIpc) is 2.98. The Morgan fingerprint density at radius 2 is 1.80 bits per heavy atom. The van der Waals surface area contributed by atoms with Crippen LogP contribution in [0.15, 0.2) is 60.2 Å². The predicted octanol–water partition coefficient (Wildman–Crippen LogP) is 4.65. The number of amides is 1. The van der Waals surface area contributed by atoms with Gasteiger partial charge in [0.15, 0.2) is 0 Å². The van der Waals surface area contributed by atoms with E-state index in [9.17, 15) is 20.0 Å². The standard InChI is InChI=1S/C24H21N3O3/c1-15-7-6-8-20(11-15)26-23(28)19(14-25)13-18-12-16(2)27(17(18)3)22-10-5-4-9-21(22)24(29)30/h4-13H,1-3H3,(H,26,28)(H,29,30)/b19-13-. The Bertz CT molecular complexity index is 1210. The zero-order valence-corrected chi connectivity index (χ0v) is 16.9. The Morgan fingerprint density at radius 3 is 2.47 bits per heavy atom. The number of hydrogen-bond acceptors (Lipinski definition) is 3. The van der Waals surface area contributed by atoms with Gasteiger partial charge in [-0.2, -0.15) is 5.26 Å². The SMILES string of the molecule is Cc1cccc(NC(=O)/C(C#N)=C\c2cc(C)n(-c3ccccc3C(=O)O)c2C)c1. The maximum atomic E-state index is 12.6. The lowest BCUT2D eigenvalue weighted by Crippen LogP contribution is -2.13. The van der Waals surface area contributed by atoms with Crippen LogP contribution in [0.3, 0.4) is 0 Å². The van der Waals surface area contributed by atoms with E-state index in [1.807, 2.05) is 55.7 Å². The number of anilines is 1. The minimum Gasteiger partial charge on any atom is -0.478 e. The fourth-order valence-electron chi connectivity index (χ4n) is 3.38. The molecule has 0 aliphatic rings. The molecule has 30 heavy (non-hydrogen) atoms. The normalized spacial score (nSPS) is 11.1. The smallest absolute Gasteiger partial charge is 0.337 e. The van der Waals surface area contributed by atoms with E-state index in [-0.39, 0.29) is 11.1 Å². The zero-order chi connectivity index (χ0) is 21.8. The lowest BCUT2D eigenvalue weighted by molar-refractivity contribution is -0.112. The van der Waals surface area contributed by atoms with Crippen LogP contribution in [-0.2, 0) is 4.79 Å². The Hall–Kier alpha value is -4.11. The molecule has 0 aliphatic heterocycles. The Labute approximate surface area is 174 Å². The van der Waals surface area contributed by atoms with Crippen LogP contribution in [0.2, 0.25) is 0 Å². The summed E-state index contributed by atoms with van der Waals surface area (Å²) in [6.45, 7) is 5.59. The first-order chi connectivity index (χ1) is 14.3. The minimum atomic E-state index is -1.02. The molecule has 150 valence electrons. The second-order valence-corrected chi connectivity index (χ2v) is 6.98. The lowest BCUT2D eigenvalue weighted by Gasteiger charge is -2.12. The first-order valence-corrected chi connectivity index (χ1v) is 9.33. The summed E-state index contributed by atoms with van der Waals surface area (Å²) < 4.78 is 1.81. The molecule has 0 spiro atoms. The molecule has 3 rings (SSSR count). The van der Waals surface area contributed by atoms with Crippen LogP contribution in [0.1, 0.15) is 32.9 Å². The van der Waals surface area contributed by atoms with Gasteiger partial charge in [0.1, 0.15) is 11.6 Å². The van der Waals surface area contributed by atoms with Gasteiger partial charge in [0.2, 0.25) is 0 Å². The van der Waals surface area contributed by atoms with Gasteiger partial charge in [-0.25, -0.2) is 4.79 Å². The van der Waals surface area contributed by atoms with E-state index in [2.05, 4.69) is 5.32 Å². The van der Waals surface area contributed by atoms with Crippen molar-refractivity contribution in [3.63, 3.8) is 0 Å². The molecule has 0 unspecified atom stereocenters. The number of benzene rings is 2. The minimum absolute atomic E-state index is 0.0386. The summed E-state index contributed by atoms with van der Waals surface area (Å²) in [4.78, 5) is 24.2. The monoisotopic (exact) mass is 399 g/mol. The number of carbonyl (C=O) groups excluding carboxylic acids is 1. The van der Waals surface area contributed by atoms with E-state index in [0.29, 0.717) is 16.9 Å². The third-order valence-corrected chi connectivity index (χ3v) is 4.79. The molecule has 3 aromatic rings. The summed E-state index contributed by atoms with van der Waals surface area (Å²) in [5, 5.41) is 21.8. The van der Waals surface area contributed by atoms with Gasteiger partial charge in [-0.1, -0.05) is 24.3 Å². The summed E-state index contributed by atoms with van der Waals surface area (Å²) in [7, 11) is 0. The number of nitriles is 1. The van der Waals surface area contributed by atoms with E-state index in [0.717, 1.165) is 17.0 Å². The van der Waals surface area contributed by atoms with Gasteiger partial charge in [0.05, 0.1) is 11.3 Å². The maximum Gasteiger partial charge on any atom is 0.337 e. The molecule has 0 saturated carbocycles. The highest BCUT2D eigenvalue weighted by molar-refractivity contribution is 6.09. The topological polar surface area (TPSA) is 95.1 Å². The van der Waals surface area contributed by atoms with Gasteiger partial charge in [-0.05, 0) is 68.3 Å². The number of carboxylic acid groups (broad SMARTS) is 1. The molecule has 0 saturated heterocycles. The second kappa shape index (κ2) is 8.50. The van der Waals surface area contributed by atoms with Crippen molar-refractivity contribution in [3.05, 3.63) is 88.2 Å². The summed E-state index contributed by atoms with van der Waals surface area (Å²) in [5.74, 6) is -1.52. The van der Waals surface area contributed by atoms with Crippen molar-refractivity contribution in [2.45, 2.75) is 20.8 Å². The predicted molar refractivity (Wildman–Crippen MR) is 116 cm³/mol. The Balaban J connectivity index is 1.99. The molecule has 0 radical (unpaired) electrons. The van der Waals surface area contributed by atoms with Crippen LogP contribution in [0.4, 0.5) is 5.69 Å².